The first kappa shape index (κ1) is 16.7. The molecule has 0 radical (unpaired) electrons. The predicted molar refractivity (Wildman–Crippen MR) is 91.8 cm³/mol. The van der Waals surface area contributed by atoms with Crippen molar-refractivity contribution in [2.45, 2.75) is 51.9 Å². The maximum absolute atomic E-state index is 6.00. The predicted octanol–water partition coefficient (Wildman–Crippen LogP) is 4.13. The fourth-order valence-electron chi connectivity index (χ4n) is 2.45. The molecule has 0 aliphatic carbocycles. The van der Waals surface area contributed by atoms with Gasteiger partial charge in [-0.15, -0.1) is 0 Å². The number of para-hydroxylation sites is 1. The summed E-state index contributed by atoms with van der Waals surface area (Å²) in [6.45, 7) is 3.98. The summed E-state index contributed by atoms with van der Waals surface area (Å²) in [5.74, 6) is 1.44. The molecule has 120 valence electrons. The molecule has 0 saturated carbocycles. The first-order valence-corrected chi connectivity index (χ1v) is 8.40. The Hall–Kier alpha value is -1.68. The number of nitrogen functional groups attached to an aromatic ring is 1. The van der Waals surface area contributed by atoms with E-state index < -0.39 is 0 Å². The van der Waals surface area contributed by atoms with Gasteiger partial charge in [0.2, 0.25) is 0 Å². The summed E-state index contributed by atoms with van der Waals surface area (Å²) in [5, 5.41) is 0.940. The van der Waals surface area contributed by atoms with Gasteiger partial charge in [-0.3, -0.25) is 0 Å². The van der Waals surface area contributed by atoms with Crippen LogP contribution < -0.4 is 5.73 Å². The normalized spacial score (nSPS) is 11.1. The van der Waals surface area contributed by atoms with Crippen molar-refractivity contribution in [1.82, 2.24) is 9.97 Å². The van der Waals surface area contributed by atoms with Gasteiger partial charge < -0.3 is 10.5 Å². The average molecular weight is 301 g/mol. The summed E-state index contributed by atoms with van der Waals surface area (Å²) in [4.78, 5) is 9.00. The molecule has 2 aromatic rings. The Labute approximate surface area is 133 Å². The number of anilines is 1. The molecule has 0 unspecified atom stereocenters. The van der Waals surface area contributed by atoms with Gasteiger partial charge in [-0.25, -0.2) is 9.97 Å². The van der Waals surface area contributed by atoms with Crippen LogP contribution in [0.1, 0.15) is 51.3 Å². The molecule has 22 heavy (non-hydrogen) atoms. The van der Waals surface area contributed by atoms with Crippen LogP contribution in [0.5, 0.6) is 0 Å². The smallest absolute Gasteiger partial charge is 0.135 e. The highest BCUT2D eigenvalue weighted by molar-refractivity contribution is 5.87. The number of hydrogen-bond donors (Lipinski definition) is 1. The van der Waals surface area contributed by atoms with E-state index in [-0.39, 0.29) is 0 Å². The van der Waals surface area contributed by atoms with E-state index in [0.29, 0.717) is 5.82 Å². The van der Waals surface area contributed by atoms with Crippen molar-refractivity contribution >= 4 is 16.7 Å². The standard InChI is InChI=1S/C18H27N3O/c1-2-3-13-22-14-9-5-4-6-12-17-20-16-11-8-7-10-15(16)18(19)21-17/h7-8,10-11H,2-6,9,12-14H2,1H3,(H2,19,20,21). The zero-order valence-electron chi connectivity index (χ0n) is 13.6. The number of benzene rings is 1. The SMILES string of the molecule is CCCCOCCCCCCc1nc(N)c2ccccc2n1. The van der Waals surface area contributed by atoms with Gasteiger partial charge in [-0.1, -0.05) is 38.3 Å². The quantitative estimate of drug-likeness (QED) is 0.670. The molecule has 1 aromatic carbocycles. The largest absolute Gasteiger partial charge is 0.383 e. The molecular weight excluding hydrogens is 274 g/mol. The van der Waals surface area contributed by atoms with Gasteiger partial charge in [-0.05, 0) is 31.4 Å². The molecule has 0 spiro atoms. The fourth-order valence-corrected chi connectivity index (χ4v) is 2.45. The average Bonchev–Trinajstić information content (AvgIpc) is 2.53. The maximum Gasteiger partial charge on any atom is 0.135 e. The summed E-state index contributed by atoms with van der Waals surface area (Å²) in [6.07, 6.45) is 7.90. The second-order valence-corrected chi connectivity index (χ2v) is 5.67. The summed E-state index contributed by atoms with van der Waals surface area (Å²) >= 11 is 0. The van der Waals surface area contributed by atoms with Crippen molar-refractivity contribution in [3.05, 3.63) is 30.1 Å². The van der Waals surface area contributed by atoms with E-state index in [1.807, 2.05) is 24.3 Å². The number of nitrogens with two attached hydrogens (primary N) is 1. The third kappa shape index (κ3) is 5.26. The van der Waals surface area contributed by atoms with E-state index in [4.69, 9.17) is 10.5 Å². The molecule has 1 heterocycles. The van der Waals surface area contributed by atoms with Gasteiger partial charge in [0.1, 0.15) is 11.6 Å². The third-order valence-corrected chi connectivity index (χ3v) is 3.76. The molecule has 4 nitrogen and oxygen atoms in total. The van der Waals surface area contributed by atoms with Crippen LogP contribution >= 0.6 is 0 Å². The topological polar surface area (TPSA) is 61.0 Å². The van der Waals surface area contributed by atoms with Crippen LogP contribution in [0.25, 0.3) is 10.9 Å². The number of nitrogens with zero attached hydrogens (tertiary/aromatic N) is 2. The van der Waals surface area contributed by atoms with E-state index in [2.05, 4.69) is 16.9 Å². The Morgan fingerprint density at radius 2 is 1.73 bits per heavy atom. The molecule has 0 amide bonds. The van der Waals surface area contributed by atoms with Gasteiger partial charge >= 0.3 is 0 Å². The molecule has 0 atom stereocenters. The van der Waals surface area contributed by atoms with Crippen LogP contribution in [0, 0.1) is 0 Å². The lowest BCUT2D eigenvalue weighted by atomic mass is 10.1. The Bertz CT molecular complexity index is 571. The molecule has 0 fully saturated rings. The number of rotatable bonds is 10. The van der Waals surface area contributed by atoms with Crippen LogP contribution in [0.3, 0.4) is 0 Å². The number of aryl methyl sites for hydroxylation is 1. The van der Waals surface area contributed by atoms with Crippen LogP contribution in [0.4, 0.5) is 5.82 Å². The lowest BCUT2D eigenvalue weighted by Crippen LogP contribution is -2.01. The first-order chi connectivity index (χ1) is 10.8. The van der Waals surface area contributed by atoms with Gasteiger partial charge in [0, 0.05) is 25.0 Å². The van der Waals surface area contributed by atoms with E-state index in [1.165, 1.54) is 25.7 Å². The molecule has 2 N–H and O–H groups in total. The zero-order chi connectivity index (χ0) is 15.6. The van der Waals surface area contributed by atoms with Crippen molar-refractivity contribution < 1.29 is 4.74 Å². The zero-order valence-corrected chi connectivity index (χ0v) is 13.6. The number of fused-ring (bicyclic) bond motifs is 1. The van der Waals surface area contributed by atoms with Crippen LogP contribution in [-0.4, -0.2) is 23.2 Å². The molecule has 2 rings (SSSR count). The molecule has 1 aromatic heterocycles. The van der Waals surface area contributed by atoms with Gasteiger partial charge in [0.05, 0.1) is 5.52 Å². The number of aromatic nitrogens is 2. The highest BCUT2D eigenvalue weighted by Gasteiger charge is 2.04. The van der Waals surface area contributed by atoms with Crippen molar-refractivity contribution in [2.24, 2.45) is 0 Å². The minimum atomic E-state index is 0.588. The maximum atomic E-state index is 6.00. The van der Waals surface area contributed by atoms with E-state index in [0.717, 1.165) is 49.2 Å². The number of hydrogen-bond acceptors (Lipinski definition) is 4. The monoisotopic (exact) mass is 301 g/mol. The lowest BCUT2D eigenvalue weighted by molar-refractivity contribution is 0.127. The second-order valence-electron chi connectivity index (χ2n) is 5.67. The molecule has 0 saturated heterocycles. The summed E-state index contributed by atoms with van der Waals surface area (Å²) < 4.78 is 5.56. The number of ether oxygens (including phenoxy) is 1. The van der Waals surface area contributed by atoms with Gasteiger partial charge in [-0.2, -0.15) is 0 Å². The Morgan fingerprint density at radius 1 is 0.955 bits per heavy atom. The fraction of sp³-hybridized carbons (Fsp3) is 0.556. The Kier molecular flexibility index (Phi) is 7.10. The molecule has 0 aliphatic rings. The van der Waals surface area contributed by atoms with Crippen molar-refractivity contribution in [3.8, 4) is 0 Å². The third-order valence-electron chi connectivity index (χ3n) is 3.76. The minimum Gasteiger partial charge on any atom is -0.383 e. The highest BCUT2D eigenvalue weighted by Crippen LogP contribution is 2.17. The summed E-state index contributed by atoms with van der Waals surface area (Å²) in [6, 6.07) is 7.90. The molecule has 0 bridgehead atoms. The van der Waals surface area contributed by atoms with Crippen molar-refractivity contribution in [3.63, 3.8) is 0 Å². The Morgan fingerprint density at radius 3 is 2.59 bits per heavy atom. The number of unbranched alkanes of at least 4 members (excludes halogenated alkanes) is 4. The summed E-state index contributed by atoms with van der Waals surface area (Å²) in [5.41, 5.74) is 6.94. The van der Waals surface area contributed by atoms with Gasteiger partial charge in [0.25, 0.3) is 0 Å². The van der Waals surface area contributed by atoms with E-state index in [9.17, 15) is 0 Å². The molecule has 4 heteroatoms. The lowest BCUT2D eigenvalue weighted by Gasteiger charge is -2.06. The first-order valence-electron chi connectivity index (χ1n) is 8.40. The van der Waals surface area contributed by atoms with E-state index in [1.54, 1.807) is 0 Å². The second kappa shape index (κ2) is 9.36. The van der Waals surface area contributed by atoms with Crippen LogP contribution in [0.2, 0.25) is 0 Å². The molecule has 0 aliphatic heterocycles. The summed E-state index contributed by atoms with van der Waals surface area (Å²) in [7, 11) is 0. The van der Waals surface area contributed by atoms with Crippen LogP contribution in [-0.2, 0) is 11.2 Å². The van der Waals surface area contributed by atoms with Gasteiger partial charge in [0.15, 0.2) is 0 Å². The van der Waals surface area contributed by atoms with Crippen molar-refractivity contribution in [2.75, 3.05) is 18.9 Å². The highest BCUT2D eigenvalue weighted by atomic mass is 16.5. The minimum absolute atomic E-state index is 0.588. The van der Waals surface area contributed by atoms with E-state index >= 15 is 0 Å². The molecular formula is C18H27N3O. The van der Waals surface area contributed by atoms with Crippen molar-refractivity contribution in [1.29, 1.82) is 0 Å². The Balaban J connectivity index is 1.67. The van der Waals surface area contributed by atoms with Crippen LogP contribution in [0.15, 0.2) is 24.3 Å².